The number of methoxy groups -OCH3 is 1. The fraction of sp³-hybridized carbons (Fsp3) is 0.389. The van der Waals surface area contributed by atoms with E-state index < -0.39 is 24.3 Å². The first-order valence-electron chi connectivity index (χ1n) is 8.25. The Kier molecular flexibility index (Phi) is 7.26. The lowest BCUT2D eigenvalue weighted by atomic mass is 10.1. The molecule has 0 aliphatic carbocycles. The van der Waals surface area contributed by atoms with E-state index in [-0.39, 0.29) is 30.0 Å². The largest absolute Gasteiger partial charge is 0.451 e. The highest BCUT2D eigenvalue weighted by atomic mass is 32.1. The van der Waals surface area contributed by atoms with Gasteiger partial charge in [-0.1, -0.05) is 6.07 Å². The average molecular weight is 396 g/mol. The molecule has 146 valence electrons. The molecule has 0 saturated heterocycles. The first-order chi connectivity index (χ1) is 12.8. The lowest BCUT2D eigenvalue weighted by Crippen LogP contribution is -2.41. The standard InChI is InChI=1S/C18H21FN2O5S/c1-10(2)21-14(22)7-20-15(23)9-26-18(24)17-11(8-25-3)16-12(19)5-4-6-13(16)27-17/h4-6,10H,7-9H2,1-3H3,(H,20,23)(H,21,22). The summed E-state index contributed by atoms with van der Waals surface area (Å²) in [5.74, 6) is -2.15. The fourth-order valence-corrected chi connectivity index (χ4v) is 3.53. The summed E-state index contributed by atoms with van der Waals surface area (Å²) < 4.78 is 24.8. The van der Waals surface area contributed by atoms with Gasteiger partial charge in [0.15, 0.2) is 6.61 Å². The monoisotopic (exact) mass is 396 g/mol. The van der Waals surface area contributed by atoms with Crippen LogP contribution in [0.25, 0.3) is 10.1 Å². The van der Waals surface area contributed by atoms with Gasteiger partial charge in [-0.2, -0.15) is 0 Å². The highest BCUT2D eigenvalue weighted by molar-refractivity contribution is 7.21. The van der Waals surface area contributed by atoms with Crippen LogP contribution in [0.3, 0.4) is 0 Å². The number of hydrogen-bond donors (Lipinski definition) is 2. The van der Waals surface area contributed by atoms with Crippen LogP contribution in [-0.4, -0.2) is 44.1 Å². The van der Waals surface area contributed by atoms with Gasteiger partial charge in [-0.25, -0.2) is 9.18 Å². The number of fused-ring (bicyclic) bond motifs is 1. The molecule has 2 aromatic rings. The van der Waals surface area contributed by atoms with Crippen LogP contribution in [0.5, 0.6) is 0 Å². The molecule has 27 heavy (non-hydrogen) atoms. The number of thiophene rings is 1. The Hall–Kier alpha value is -2.52. The number of hydrogen-bond acceptors (Lipinski definition) is 6. The van der Waals surface area contributed by atoms with Crippen molar-refractivity contribution in [2.24, 2.45) is 0 Å². The van der Waals surface area contributed by atoms with Gasteiger partial charge in [0, 0.05) is 28.8 Å². The summed E-state index contributed by atoms with van der Waals surface area (Å²) in [5, 5.41) is 5.29. The van der Waals surface area contributed by atoms with Crippen molar-refractivity contribution in [1.29, 1.82) is 0 Å². The molecule has 0 fully saturated rings. The molecule has 2 amide bonds. The van der Waals surface area contributed by atoms with E-state index in [4.69, 9.17) is 9.47 Å². The predicted octanol–water partition coefficient (Wildman–Crippen LogP) is 1.98. The third-order valence-electron chi connectivity index (χ3n) is 3.47. The van der Waals surface area contributed by atoms with Crippen LogP contribution in [0.15, 0.2) is 18.2 Å². The van der Waals surface area contributed by atoms with Gasteiger partial charge in [-0.15, -0.1) is 11.3 Å². The van der Waals surface area contributed by atoms with Crippen LogP contribution < -0.4 is 10.6 Å². The van der Waals surface area contributed by atoms with E-state index >= 15 is 0 Å². The Morgan fingerprint density at radius 1 is 1.22 bits per heavy atom. The number of carbonyl (C=O) groups excluding carboxylic acids is 3. The van der Waals surface area contributed by atoms with Crippen molar-refractivity contribution in [3.63, 3.8) is 0 Å². The first-order valence-corrected chi connectivity index (χ1v) is 9.07. The summed E-state index contributed by atoms with van der Waals surface area (Å²) in [7, 11) is 1.44. The zero-order chi connectivity index (χ0) is 20.0. The normalized spacial score (nSPS) is 10.9. The Bertz CT molecular complexity index is 850. The van der Waals surface area contributed by atoms with E-state index in [9.17, 15) is 18.8 Å². The maximum absolute atomic E-state index is 14.1. The molecule has 1 heterocycles. The molecule has 0 aliphatic heterocycles. The topological polar surface area (TPSA) is 93.7 Å². The van der Waals surface area contributed by atoms with E-state index in [2.05, 4.69) is 10.6 Å². The Morgan fingerprint density at radius 2 is 1.96 bits per heavy atom. The number of benzene rings is 1. The zero-order valence-electron chi connectivity index (χ0n) is 15.3. The molecule has 1 aromatic heterocycles. The van der Waals surface area contributed by atoms with Gasteiger partial charge in [0.05, 0.1) is 13.2 Å². The molecular formula is C18H21FN2O5S. The second-order valence-corrected chi connectivity index (χ2v) is 7.08. The highest BCUT2D eigenvalue weighted by Gasteiger charge is 2.22. The van der Waals surface area contributed by atoms with E-state index in [1.54, 1.807) is 26.0 Å². The fourth-order valence-electron chi connectivity index (χ4n) is 2.41. The second-order valence-electron chi connectivity index (χ2n) is 6.03. The molecule has 0 unspecified atom stereocenters. The number of rotatable bonds is 8. The van der Waals surface area contributed by atoms with Crippen molar-refractivity contribution in [2.45, 2.75) is 26.5 Å². The summed E-state index contributed by atoms with van der Waals surface area (Å²) in [6.45, 7) is 2.88. The Labute approximate surface area is 159 Å². The summed E-state index contributed by atoms with van der Waals surface area (Å²) in [5.41, 5.74) is 0.386. The maximum atomic E-state index is 14.1. The Balaban J connectivity index is 2.02. The predicted molar refractivity (Wildman–Crippen MR) is 99.1 cm³/mol. The second kappa shape index (κ2) is 9.43. The van der Waals surface area contributed by atoms with Crippen molar-refractivity contribution in [1.82, 2.24) is 10.6 Å². The van der Waals surface area contributed by atoms with Gasteiger partial charge < -0.3 is 20.1 Å². The summed E-state index contributed by atoms with van der Waals surface area (Å²) >= 11 is 1.07. The van der Waals surface area contributed by atoms with Crippen LogP contribution in [-0.2, 0) is 25.7 Å². The molecule has 9 heteroatoms. The quantitative estimate of drug-likeness (QED) is 0.666. The molecule has 2 N–H and O–H groups in total. The summed E-state index contributed by atoms with van der Waals surface area (Å²) in [6, 6.07) is 4.51. The SMILES string of the molecule is COCc1c(C(=O)OCC(=O)NCC(=O)NC(C)C)sc2cccc(F)c12. The number of halogens is 1. The maximum Gasteiger partial charge on any atom is 0.349 e. The molecule has 0 saturated carbocycles. The summed E-state index contributed by atoms with van der Waals surface area (Å²) in [6.07, 6.45) is 0. The number of ether oxygens (including phenoxy) is 2. The highest BCUT2D eigenvalue weighted by Crippen LogP contribution is 2.34. The Morgan fingerprint density at radius 3 is 2.63 bits per heavy atom. The molecule has 2 rings (SSSR count). The van der Waals surface area contributed by atoms with Crippen LogP contribution in [0.2, 0.25) is 0 Å². The van der Waals surface area contributed by atoms with Gasteiger partial charge in [0.1, 0.15) is 10.7 Å². The van der Waals surface area contributed by atoms with E-state index in [0.29, 0.717) is 15.6 Å². The minimum absolute atomic E-state index is 0.0347. The van der Waals surface area contributed by atoms with Crippen LogP contribution >= 0.6 is 11.3 Å². The molecular weight excluding hydrogens is 375 g/mol. The van der Waals surface area contributed by atoms with Gasteiger partial charge in [0.2, 0.25) is 5.91 Å². The number of esters is 1. The number of amides is 2. The van der Waals surface area contributed by atoms with E-state index in [1.807, 2.05) is 0 Å². The third-order valence-corrected chi connectivity index (χ3v) is 4.64. The average Bonchev–Trinajstić information content (AvgIpc) is 2.97. The van der Waals surface area contributed by atoms with Crippen LogP contribution in [0, 0.1) is 5.82 Å². The molecule has 0 spiro atoms. The molecule has 0 radical (unpaired) electrons. The third kappa shape index (κ3) is 5.48. The number of nitrogens with one attached hydrogen (secondary N) is 2. The molecule has 0 bridgehead atoms. The van der Waals surface area contributed by atoms with Crippen LogP contribution in [0.1, 0.15) is 29.1 Å². The zero-order valence-corrected chi connectivity index (χ0v) is 16.1. The lowest BCUT2D eigenvalue weighted by Gasteiger charge is -2.09. The smallest absolute Gasteiger partial charge is 0.349 e. The minimum atomic E-state index is -0.746. The van der Waals surface area contributed by atoms with Crippen molar-refractivity contribution >= 4 is 39.2 Å². The van der Waals surface area contributed by atoms with Crippen molar-refractivity contribution in [3.8, 4) is 0 Å². The van der Waals surface area contributed by atoms with E-state index in [0.717, 1.165) is 11.3 Å². The van der Waals surface area contributed by atoms with Gasteiger partial charge >= 0.3 is 5.97 Å². The number of carbonyl (C=O) groups is 3. The lowest BCUT2D eigenvalue weighted by molar-refractivity contribution is -0.128. The molecule has 7 nitrogen and oxygen atoms in total. The van der Waals surface area contributed by atoms with Crippen molar-refractivity contribution in [2.75, 3.05) is 20.3 Å². The van der Waals surface area contributed by atoms with E-state index in [1.165, 1.54) is 13.2 Å². The van der Waals surface area contributed by atoms with Gasteiger partial charge in [0.25, 0.3) is 5.91 Å². The van der Waals surface area contributed by atoms with Crippen LogP contribution in [0.4, 0.5) is 4.39 Å². The van der Waals surface area contributed by atoms with Gasteiger partial charge in [-0.05, 0) is 26.0 Å². The molecule has 0 aliphatic rings. The van der Waals surface area contributed by atoms with Crippen molar-refractivity contribution in [3.05, 3.63) is 34.5 Å². The van der Waals surface area contributed by atoms with Crippen molar-refractivity contribution < 1.29 is 28.2 Å². The molecule has 0 atom stereocenters. The molecule has 1 aromatic carbocycles. The van der Waals surface area contributed by atoms with Gasteiger partial charge in [-0.3, -0.25) is 9.59 Å². The first kappa shape index (κ1) is 20.8. The summed E-state index contributed by atoms with van der Waals surface area (Å²) in [4.78, 5) is 35.8. The minimum Gasteiger partial charge on any atom is -0.451 e.